The molecular weight excluding hydrogens is 573 g/mol. The van der Waals surface area contributed by atoms with Crippen molar-refractivity contribution in [3.05, 3.63) is 146 Å². The minimum Gasteiger partial charge on any atom is -0.292 e. The molecule has 10 rings (SSSR count). The first-order valence-corrected chi connectivity index (χ1v) is 19.1. The van der Waals surface area contributed by atoms with E-state index in [9.17, 15) is 0 Å². The number of aromatic nitrogens is 2. The van der Waals surface area contributed by atoms with E-state index in [4.69, 9.17) is 4.98 Å². The molecule has 8 aromatic rings. The van der Waals surface area contributed by atoms with Gasteiger partial charge in [-0.15, -0.1) is 0 Å². The predicted octanol–water partition coefficient (Wildman–Crippen LogP) is 9.96. The second kappa shape index (κ2) is 9.26. The second-order valence-electron chi connectivity index (χ2n) is 13.2. The largest absolute Gasteiger partial charge is 0.292 e. The van der Waals surface area contributed by atoms with E-state index >= 15 is 0 Å². The van der Waals surface area contributed by atoms with Crippen LogP contribution in [0.4, 0.5) is 0 Å². The van der Waals surface area contributed by atoms with E-state index < -0.39 is 8.07 Å². The molecule has 0 spiro atoms. The van der Waals surface area contributed by atoms with Crippen molar-refractivity contribution in [3.63, 3.8) is 0 Å². The topological polar surface area (TPSA) is 17.8 Å². The Kier molecular flexibility index (Phi) is 5.19. The molecule has 3 heteroatoms. The lowest BCUT2D eigenvalue weighted by molar-refractivity contribution is 1.10. The minimum absolute atomic E-state index is 0.961. The van der Waals surface area contributed by atoms with Gasteiger partial charge in [0, 0.05) is 11.3 Å². The van der Waals surface area contributed by atoms with Gasteiger partial charge in [-0.25, -0.2) is 4.98 Å². The number of imidazole rings is 1. The van der Waals surface area contributed by atoms with E-state index in [1.54, 1.807) is 5.19 Å². The van der Waals surface area contributed by atoms with Crippen molar-refractivity contribution in [1.82, 2.24) is 9.55 Å². The number of hydrogen-bond donors (Lipinski definition) is 0. The Morgan fingerprint density at radius 1 is 0.500 bits per heavy atom. The molecule has 0 radical (unpaired) electrons. The Hall–Kier alpha value is -5.51. The van der Waals surface area contributed by atoms with Gasteiger partial charge >= 0.3 is 0 Å². The summed E-state index contributed by atoms with van der Waals surface area (Å²) in [6.45, 7) is 5.08. The zero-order valence-electron chi connectivity index (χ0n) is 25.8. The van der Waals surface area contributed by atoms with E-state index in [-0.39, 0.29) is 0 Å². The van der Waals surface area contributed by atoms with Crippen molar-refractivity contribution in [2.24, 2.45) is 0 Å². The first kappa shape index (κ1) is 25.8. The SMILES string of the molecule is C[Si]1(C)c2cc(-c3ccc(-n4c(-c5ccccc5)nc5ccccc54)cc3)ccc2-c2cc3c4c(cccc4c21)-c1ccccc1-3. The lowest BCUT2D eigenvalue weighted by Gasteiger charge is -2.22. The van der Waals surface area contributed by atoms with Gasteiger partial charge in [0.15, 0.2) is 0 Å². The van der Waals surface area contributed by atoms with Crippen LogP contribution < -0.4 is 10.4 Å². The van der Waals surface area contributed by atoms with Crippen molar-refractivity contribution in [3.8, 4) is 61.6 Å². The smallest absolute Gasteiger partial charge is 0.145 e. The third-order valence-electron chi connectivity index (χ3n) is 10.3. The zero-order valence-corrected chi connectivity index (χ0v) is 26.8. The maximum Gasteiger partial charge on any atom is 0.145 e. The van der Waals surface area contributed by atoms with Crippen molar-refractivity contribution in [2.45, 2.75) is 13.1 Å². The fourth-order valence-electron chi connectivity index (χ4n) is 8.24. The fraction of sp³-hybridized carbons (Fsp3) is 0.0465. The van der Waals surface area contributed by atoms with Crippen LogP contribution in [0.2, 0.25) is 13.1 Å². The summed E-state index contributed by atoms with van der Waals surface area (Å²) in [5.74, 6) is 0.961. The molecule has 2 heterocycles. The van der Waals surface area contributed by atoms with E-state index in [2.05, 4.69) is 163 Å². The summed E-state index contributed by atoms with van der Waals surface area (Å²) in [5, 5.41) is 6.01. The first-order valence-electron chi connectivity index (χ1n) is 16.1. The molecule has 0 N–H and O–H groups in total. The van der Waals surface area contributed by atoms with Crippen molar-refractivity contribution < 1.29 is 0 Å². The van der Waals surface area contributed by atoms with Crippen molar-refractivity contribution >= 4 is 40.3 Å². The molecule has 0 saturated heterocycles. The van der Waals surface area contributed by atoms with Crippen LogP contribution in [0.1, 0.15) is 0 Å². The standard InChI is InChI=1S/C43H30N2Si/c1-46(2)40-25-29(21-24-33(40)37-26-36-32-14-7-6-13-31(32)34-15-10-16-35(41(34)36)42(37)46)27-19-22-30(23-20-27)45-39-18-9-8-17-38(39)44-43(45)28-11-4-3-5-12-28/h3-26H,1-2H3. The van der Waals surface area contributed by atoms with Crippen LogP contribution >= 0.6 is 0 Å². The molecule has 0 bridgehead atoms. The Bertz CT molecular complexity index is 2540. The van der Waals surface area contributed by atoms with Crippen molar-refractivity contribution in [1.29, 1.82) is 0 Å². The Labute approximate surface area is 269 Å². The molecule has 0 unspecified atom stereocenters. The quantitative estimate of drug-likeness (QED) is 0.184. The maximum absolute atomic E-state index is 5.03. The number of fused-ring (bicyclic) bond motifs is 8. The van der Waals surface area contributed by atoms with Crippen LogP contribution in [-0.4, -0.2) is 17.6 Å². The molecule has 2 aliphatic rings. The highest BCUT2D eigenvalue weighted by Gasteiger charge is 2.40. The second-order valence-corrected chi connectivity index (χ2v) is 17.5. The number of rotatable bonds is 3. The Morgan fingerprint density at radius 2 is 1.20 bits per heavy atom. The summed E-state index contributed by atoms with van der Waals surface area (Å²) in [5.41, 5.74) is 15.2. The molecule has 0 atom stereocenters. The fourth-order valence-corrected chi connectivity index (χ4v) is 11.7. The molecular formula is C43H30N2Si. The average Bonchev–Trinajstić information content (AvgIpc) is 3.72. The summed E-state index contributed by atoms with van der Waals surface area (Å²) < 4.78 is 2.28. The maximum atomic E-state index is 5.03. The summed E-state index contributed by atoms with van der Waals surface area (Å²) in [4.78, 5) is 5.03. The van der Waals surface area contributed by atoms with Crippen LogP contribution in [0, 0.1) is 0 Å². The molecule has 0 saturated carbocycles. The Balaban J connectivity index is 1.09. The van der Waals surface area contributed by atoms with Gasteiger partial charge in [0.2, 0.25) is 0 Å². The summed E-state index contributed by atoms with van der Waals surface area (Å²) in [6, 6.07) is 53.4. The van der Waals surface area contributed by atoms with Gasteiger partial charge in [0.25, 0.3) is 0 Å². The van der Waals surface area contributed by atoms with Gasteiger partial charge in [-0.05, 0) is 96.0 Å². The van der Waals surface area contributed by atoms with Gasteiger partial charge in [-0.1, -0.05) is 128 Å². The van der Waals surface area contributed by atoms with Crippen LogP contribution in [0.3, 0.4) is 0 Å². The minimum atomic E-state index is -1.97. The van der Waals surface area contributed by atoms with E-state index in [0.717, 1.165) is 28.1 Å². The highest BCUT2D eigenvalue weighted by Crippen LogP contribution is 2.49. The lowest BCUT2D eigenvalue weighted by atomic mass is 9.95. The molecule has 7 aromatic carbocycles. The van der Waals surface area contributed by atoms with Gasteiger partial charge in [0.1, 0.15) is 13.9 Å². The highest BCUT2D eigenvalue weighted by atomic mass is 28.3. The highest BCUT2D eigenvalue weighted by molar-refractivity contribution is 7.05. The monoisotopic (exact) mass is 602 g/mol. The molecule has 1 aliphatic heterocycles. The van der Waals surface area contributed by atoms with Crippen LogP contribution in [0.25, 0.3) is 83.4 Å². The van der Waals surface area contributed by atoms with Crippen LogP contribution in [-0.2, 0) is 0 Å². The van der Waals surface area contributed by atoms with Crippen molar-refractivity contribution in [2.75, 3.05) is 0 Å². The molecule has 216 valence electrons. The first-order chi connectivity index (χ1) is 22.6. The predicted molar refractivity (Wildman–Crippen MR) is 196 cm³/mol. The normalized spacial score (nSPS) is 13.6. The molecule has 2 nitrogen and oxygen atoms in total. The van der Waals surface area contributed by atoms with Crippen LogP contribution in [0.15, 0.2) is 146 Å². The summed E-state index contributed by atoms with van der Waals surface area (Å²) in [6.07, 6.45) is 0. The summed E-state index contributed by atoms with van der Waals surface area (Å²) >= 11 is 0. The molecule has 1 aromatic heterocycles. The Morgan fingerprint density at radius 3 is 2.02 bits per heavy atom. The van der Waals surface area contributed by atoms with Gasteiger partial charge in [0.05, 0.1) is 11.0 Å². The number of nitrogens with zero attached hydrogens (tertiary/aromatic N) is 2. The van der Waals surface area contributed by atoms with Gasteiger partial charge < -0.3 is 0 Å². The van der Waals surface area contributed by atoms with Gasteiger partial charge in [-0.2, -0.15) is 0 Å². The molecule has 46 heavy (non-hydrogen) atoms. The number of benzene rings is 7. The lowest BCUT2D eigenvalue weighted by Crippen LogP contribution is -2.49. The third kappa shape index (κ3) is 3.43. The zero-order chi connectivity index (χ0) is 30.6. The van der Waals surface area contributed by atoms with Gasteiger partial charge in [-0.3, -0.25) is 4.57 Å². The number of para-hydroxylation sites is 2. The third-order valence-corrected chi connectivity index (χ3v) is 13.9. The molecule has 0 amide bonds. The molecule has 0 fully saturated rings. The number of hydrogen-bond acceptors (Lipinski definition) is 1. The van der Waals surface area contributed by atoms with Crippen LogP contribution in [0.5, 0.6) is 0 Å². The van der Waals surface area contributed by atoms with E-state index in [1.807, 2.05) is 0 Å². The average molecular weight is 603 g/mol. The van der Waals surface area contributed by atoms with E-state index in [1.165, 1.54) is 60.5 Å². The van der Waals surface area contributed by atoms with E-state index in [0.29, 0.717) is 0 Å². The summed E-state index contributed by atoms with van der Waals surface area (Å²) in [7, 11) is -1.97. The molecule has 1 aliphatic carbocycles.